The fourth-order valence-corrected chi connectivity index (χ4v) is 5.40. The van der Waals surface area contributed by atoms with E-state index in [2.05, 4.69) is 5.32 Å². The van der Waals surface area contributed by atoms with Gasteiger partial charge < -0.3 is 15.0 Å². The standard InChI is InChI=1S/C27H37N3O5S/c1-19-9-8-12-25(20(19)2)30(36(5,33)34)18-26(31)29(17-22-13-15-24(35-4)16-14-22)21(3)27(32)28-23-10-6-7-11-23/h8-9,12-16,21,23H,6-7,10-11,17-18H2,1-5H3,(H,28,32)/t21-/m0/s1. The number of carbonyl (C=O) groups is 2. The third-order valence-electron chi connectivity index (χ3n) is 6.90. The number of nitrogens with zero attached hydrogens (tertiary/aromatic N) is 2. The lowest BCUT2D eigenvalue weighted by molar-refractivity contribution is -0.139. The maximum atomic E-state index is 13.7. The number of ether oxygens (including phenoxy) is 1. The first kappa shape index (κ1) is 27.5. The summed E-state index contributed by atoms with van der Waals surface area (Å²) in [5.41, 5.74) is 2.97. The number of carbonyl (C=O) groups excluding carboxylic acids is 2. The number of aryl methyl sites for hydroxylation is 1. The molecule has 3 rings (SSSR count). The van der Waals surface area contributed by atoms with E-state index in [1.165, 1.54) is 4.90 Å². The summed E-state index contributed by atoms with van der Waals surface area (Å²) in [5, 5.41) is 3.07. The molecule has 1 saturated carbocycles. The molecule has 196 valence electrons. The minimum atomic E-state index is -3.76. The molecule has 2 amide bonds. The zero-order valence-corrected chi connectivity index (χ0v) is 22.6. The van der Waals surface area contributed by atoms with Crippen molar-refractivity contribution in [3.63, 3.8) is 0 Å². The van der Waals surface area contributed by atoms with Gasteiger partial charge in [0.15, 0.2) is 0 Å². The van der Waals surface area contributed by atoms with Crippen molar-refractivity contribution < 1.29 is 22.7 Å². The summed E-state index contributed by atoms with van der Waals surface area (Å²) >= 11 is 0. The number of rotatable bonds is 10. The van der Waals surface area contributed by atoms with Gasteiger partial charge in [0.05, 0.1) is 19.1 Å². The molecule has 0 aliphatic heterocycles. The highest BCUT2D eigenvalue weighted by Gasteiger charge is 2.31. The lowest BCUT2D eigenvalue weighted by Gasteiger charge is -2.32. The predicted octanol–water partition coefficient (Wildman–Crippen LogP) is 3.55. The molecule has 0 unspecified atom stereocenters. The monoisotopic (exact) mass is 515 g/mol. The summed E-state index contributed by atoms with van der Waals surface area (Å²) in [5.74, 6) is -0.00514. The van der Waals surface area contributed by atoms with E-state index in [4.69, 9.17) is 4.74 Å². The second-order valence-corrected chi connectivity index (χ2v) is 11.4. The van der Waals surface area contributed by atoms with Gasteiger partial charge in [0.25, 0.3) is 0 Å². The first-order valence-corrected chi connectivity index (χ1v) is 14.1. The van der Waals surface area contributed by atoms with Gasteiger partial charge in [-0.3, -0.25) is 13.9 Å². The number of methoxy groups -OCH3 is 1. The van der Waals surface area contributed by atoms with Gasteiger partial charge in [0, 0.05) is 12.6 Å². The van der Waals surface area contributed by atoms with Crippen LogP contribution in [0.5, 0.6) is 5.75 Å². The Morgan fingerprint density at radius 2 is 1.72 bits per heavy atom. The van der Waals surface area contributed by atoms with Crippen molar-refractivity contribution in [3.8, 4) is 5.75 Å². The Bertz CT molecular complexity index is 1170. The van der Waals surface area contributed by atoms with Crippen LogP contribution >= 0.6 is 0 Å². The Kier molecular flexibility index (Phi) is 9.00. The highest BCUT2D eigenvalue weighted by molar-refractivity contribution is 7.92. The van der Waals surface area contributed by atoms with E-state index in [1.54, 1.807) is 38.3 Å². The van der Waals surface area contributed by atoms with Gasteiger partial charge in [-0.1, -0.05) is 37.1 Å². The number of hydrogen-bond donors (Lipinski definition) is 1. The summed E-state index contributed by atoms with van der Waals surface area (Å²) in [6.07, 6.45) is 5.10. The lowest BCUT2D eigenvalue weighted by atomic mass is 10.1. The molecule has 1 aliphatic rings. The fraction of sp³-hybridized carbons (Fsp3) is 0.481. The number of nitrogens with one attached hydrogen (secondary N) is 1. The van der Waals surface area contributed by atoms with Crippen molar-refractivity contribution in [3.05, 3.63) is 59.2 Å². The van der Waals surface area contributed by atoms with Crippen LogP contribution in [0.25, 0.3) is 0 Å². The van der Waals surface area contributed by atoms with Crippen LogP contribution in [0.4, 0.5) is 5.69 Å². The van der Waals surface area contributed by atoms with Gasteiger partial charge >= 0.3 is 0 Å². The molecule has 0 radical (unpaired) electrons. The SMILES string of the molecule is COc1ccc(CN(C(=O)CN(c2cccc(C)c2C)S(C)(=O)=O)[C@@H](C)C(=O)NC2CCCC2)cc1. The molecule has 2 aromatic carbocycles. The smallest absolute Gasteiger partial charge is 0.244 e. The molecular weight excluding hydrogens is 478 g/mol. The normalized spacial score (nSPS) is 14.8. The Balaban J connectivity index is 1.90. The van der Waals surface area contributed by atoms with Crippen molar-refractivity contribution >= 4 is 27.5 Å². The summed E-state index contributed by atoms with van der Waals surface area (Å²) in [6, 6.07) is 11.9. The maximum Gasteiger partial charge on any atom is 0.244 e. The van der Waals surface area contributed by atoms with Crippen molar-refractivity contribution in [1.82, 2.24) is 10.2 Å². The highest BCUT2D eigenvalue weighted by atomic mass is 32.2. The Morgan fingerprint density at radius 1 is 1.08 bits per heavy atom. The molecule has 0 bridgehead atoms. The molecule has 2 aromatic rings. The minimum Gasteiger partial charge on any atom is -0.497 e. The molecule has 36 heavy (non-hydrogen) atoms. The molecule has 0 aromatic heterocycles. The van der Waals surface area contributed by atoms with Gasteiger partial charge in [0.1, 0.15) is 18.3 Å². The van der Waals surface area contributed by atoms with Crippen molar-refractivity contribution in [2.45, 2.75) is 65.1 Å². The molecule has 1 atom stereocenters. The number of hydrogen-bond acceptors (Lipinski definition) is 5. The number of amides is 2. The fourth-order valence-electron chi connectivity index (χ4n) is 4.50. The van der Waals surface area contributed by atoms with E-state index in [0.29, 0.717) is 11.4 Å². The molecule has 0 saturated heterocycles. The molecule has 1 N–H and O–H groups in total. The molecule has 0 spiro atoms. The molecule has 8 nitrogen and oxygen atoms in total. The van der Waals surface area contributed by atoms with Gasteiger partial charge in [-0.05, 0) is 68.5 Å². The van der Waals surface area contributed by atoms with Gasteiger partial charge in [-0.2, -0.15) is 0 Å². The lowest BCUT2D eigenvalue weighted by Crippen LogP contribution is -2.52. The minimum absolute atomic E-state index is 0.111. The maximum absolute atomic E-state index is 13.7. The zero-order valence-electron chi connectivity index (χ0n) is 21.8. The van der Waals surface area contributed by atoms with E-state index in [-0.39, 0.29) is 18.5 Å². The second-order valence-electron chi connectivity index (χ2n) is 9.52. The molecular formula is C27H37N3O5S. The average molecular weight is 516 g/mol. The molecule has 0 heterocycles. The summed E-state index contributed by atoms with van der Waals surface area (Å²) in [7, 11) is -2.19. The van der Waals surface area contributed by atoms with E-state index in [9.17, 15) is 18.0 Å². The number of anilines is 1. The van der Waals surface area contributed by atoms with E-state index in [0.717, 1.165) is 52.9 Å². The molecule has 1 aliphatic carbocycles. The van der Waals surface area contributed by atoms with Crippen LogP contribution in [0.2, 0.25) is 0 Å². The molecule has 9 heteroatoms. The summed E-state index contributed by atoms with van der Waals surface area (Å²) in [4.78, 5) is 28.3. The zero-order chi connectivity index (χ0) is 26.5. The van der Waals surface area contributed by atoms with E-state index >= 15 is 0 Å². The first-order chi connectivity index (χ1) is 17.0. The van der Waals surface area contributed by atoms with Crippen molar-refractivity contribution in [2.75, 3.05) is 24.2 Å². The van der Waals surface area contributed by atoms with Crippen LogP contribution < -0.4 is 14.4 Å². The highest BCUT2D eigenvalue weighted by Crippen LogP contribution is 2.26. The van der Waals surface area contributed by atoms with Gasteiger partial charge in [-0.25, -0.2) is 8.42 Å². The van der Waals surface area contributed by atoms with Gasteiger partial charge in [0.2, 0.25) is 21.8 Å². The topological polar surface area (TPSA) is 96.0 Å². The van der Waals surface area contributed by atoms with Crippen LogP contribution in [-0.2, 0) is 26.2 Å². The van der Waals surface area contributed by atoms with Crippen LogP contribution in [0.15, 0.2) is 42.5 Å². The van der Waals surface area contributed by atoms with E-state index < -0.39 is 28.5 Å². The first-order valence-electron chi connectivity index (χ1n) is 12.3. The number of benzene rings is 2. The third-order valence-corrected chi connectivity index (χ3v) is 8.03. The Morgan fingerprint density at radius 3 is 2.31 bits per heavy atom. The third kappa shape index (κ3) is 6.78. The Labute approximate surface area is 214 Å². The van der Waals surface area contributed by atoms with Crippen molar-refractivity contribution in [2.24, 2.45) is 0 Å². The van der Waals surface area contributed by atoms with Crippen LogP contribution in [0.3, 0.4) is 0 Å². The summed E-state index contributed by atoms with van der Waals surface area (Å²) < 4.78 is 31.9. The van der Waals surface area contributed by atoms with Crippen LogP contribution in [0, 0.1) is 13.8 Å². The summed E-state index contributed by atoms with van der Waals surface area (Å²) in [6.45, 7) is 5.17. The predicted molar refractivity (Wildman–Crippen MR) is 142 cm³/mol. The average Bonchev–Trinajstić information content (AvgIpc) is 3.35. The van der Waals surface area contributed by atoms with Crippen molar-refractivity contribution in [1.29, 1.82) is 0 Å². The quantitative estimate of drug-likeness (QED) is 0.522. The molecule has 1 fully saturated rings. The van der Waals surface area contributed by atoms with Crippen LogP contribution in [-0.4, -0.2) is 57.1 Å². The Hall–Kier alpha value is -3.07. The second kappa shape index (κ2) is 11.8. The van der Waals surface area contributed by atoms with Gasteiger partial charge in [-0.15, -0.1) is 0 Å². The van der Waals surface area contributed by atoms with Crippen LogP contribution in [0.1, 0.15) is 49.3 Å². The number of sulfonamides is 1. The largest absolute Gasteiger partial charge is 0.497 e. The van der Waals surface area contributed by atoms with E-state index in [1.807, 2.05) is 32.0 Å².